The highest BCUT2D eigenvalue weighted by Crippen LogP contribution is 1.95. The van der Waals surface area contributed by atoms with Crippen LogP contribution >= 0.6 is 37.4 Å². The lowest BCUT2D eigenvalue weighted by Gasteiger charge is -2.12. The predicted octanol–water partition coefficient (Wildman–Crippen LogP) is 0.909. The van der Waals surface area contributed by atoms with E-state index in [-0.39, 0.29) is 30.6 Å². The molecule has 0 aromatic carbocycles. The standard InChI is InChI=1S/C9H18FN3O2S.2ClH/c10-6-8(11)13-4-1-3-12-7(2-5-16)9(14)15;;/h7,12,16H,1-6H2,(H2,11,13)(H,14,15);2*1H. The Morgan fingerprint density at radius 2 is 2.11 bits per heavy atom. The van der Waals surface area contributed by atoms with Crippen LogP contribution in [0.25, 0.3) is 0 Å². The molecule has 0 heterocycles. The molecular formula is C9H20Cl2FN3O2S. The Balaban J connectivity index is -0.00000112. The van der Waals surface area contributed by atoms with Gasteiger partial charge in [-0.2, -0.15) is 12.6 Å². The number of aliphatic carboxylic acids is 1. The molecule has 0 aromatic rings. The fraction of sp³-hybridized carbons (Fsp3) is 0.778. The molecule has 0 aliphatic heterocycles. The maximum atomic E-state index is 11.9. The third kappa shape index (κ3) is 12.2. The van der Waals surface area contributed by atoms with E-state index in [4.69, 9.17) is 10.8 Å². The summed E-state index contributed by atoms with van der Waals surface area (Å²) < 4.78 is 11.9. The molecule has 0 radical (unpaired) electrons. The first kappa shape index (κ1) is 22.9. The molecule has 1 atom stereocenters. The normalized spacial score (nSPS) is 12.2. The lowest BCUT2D eigenvalue weighted by molar-refractivity contribution is -0.139. The molecule has 0 aromatic heterocycles. The molecule has 0 saturated heterocycles. The van der Waals surface area contributed by atoms with E-state index in [0.29, 0.717) is 31.7 Å². The summed E-state index contributed by atoms with van der Waals surface area (Å²) in [7, 11) is 0. The van der Waals surface area contributed by atoms with Gasteiger partial charge in [0, 0.05) is 6.54 Å². The van der Waals surface area contributed by atoms with Gasteiger partial charge in [-0.05, 0) is 25.1 Å². The number of hydrogen-bond acceptors (Lipinski definition) is 4. The van der Waals surface area contributed by atoms with Crippen molar-refractivity contribution in [1.29, 1.82) is 0 Å². The molecule has 0 bridgehead atoms. The second-order valence-corrected chi connectivity index (χ2v) is 3.66. The van der Waals surface area contributed by atoms with E-state index in [1.165, 1.54) is 0 Å². The van der Waals surface area contributed by atoms with Crippen LogP contribution < -0.4 is 11.1 Å². The molecule has 0 rings (SSSR count). The summed E-state index contributed by atoms with van der Waals surface area (Å²) in [6.07, 6.45) is 1.09. The number of nitrogens with zero attached hydrogens (tertiary/aromatic N) is 1. The Morgan fingerprint density at radius 3 is 2.56 bits per heavy atom. The van der Waals surface area contributed by atoms with Crippen LogP contribution in [0.5, 0.6) is 0 Å². The van der Waals surface area contributed by atoms with Crippen LogP contribution in [-0.4, -0.2) is 48.5 Å². The van der Waals surface area contributed by atoms with E-state index in [1.54, 1.807) is 0 Å². The number of thiol groups is 1. The van der Waals surface area contributed by atoms with Gasteiger partial charge in [0.25, 0.3) is 0 Å². The van der Waals surface area contributed by atoms with Gasteiger partial charge in [0.1, 0.15) is 18.6 Å². The maximum Gasteiger partial charge on any atom is 0.320 e. The molecule has 0 aliphatic carbocycles. The van der Waals surface area contributed by atoms with Crippen molar-refractivity contribution < 1.29 is 14.3 Å². The molecule has 9 heteroatoms. The first-order valence-corrected chi connectivity index (χ1v) is 5.66. The monoisotopic (exact) mass is 323 g/mol. The van der Waals surface area contributed by atoms with Gasteiger partial charge in [-0.3, -0.25) is 9.79 Å². The number of carbonyl (C=O) groups is 1. The Bertz CT molecular complexity index is 248. The second kappa shape index (κ2) is 14.8. The minimum Gasteiger partial charge on any atom is -0.480 e. The van der Waals surface area contributed by atoms with Crippen molar-refractivity contribution in [2.45, 2.75) is 18.9 Å². The highest BCUT2D eigenvalue weighted by molar-refractivity contribution is 7.80. The van der Waals surface area contributed by atoms with Crippen LogP contribution in [0.4, 0.5) is 4.39 Å². The summed E-state index contributed by atoms with van der Waals surface area (Å²) in [5.41, 5.74) is 5.16. The minimum atomic E-state index is -0.888. The van der Waals surface area contributed by atoms with E-state index >= 15 is 0 Å². The van der Waals surface area contributed by atoms with Crippen LogP contribution in [-0.2, 0) is 4.79 Å². The van der Waals surface area contributed by atoms with Gasteiger partial charge in [-0.15, -0.1) is 24.8 Å². The number of carboxylic acids is 1. The van der Waals surface area contributed by atoms with Gasteiger partial charge < -0.3 is 16.2 Å². The van der Waals surface area contributed by atoms with Crippen molar-refractivity contribution in [3.63, 3.8) is 0 Å². The number of aliphatic imine (C=N–C) groups is 1. The molecule has 0 spiro atoms. The molecule has 0 aliphatic rings. The van der Waals surface area contributed by atoms with Crippen LogP contribution in [0.3, 0.4) is 0 Å². The Hall–Kier alpha value is -0.240. The number of amidine groups is 1. The van der Waals surface area contributed by atoms with Crippen molar-refractivity contribution >= 4 is 49.2 Å². The molecule has 1 unspecified atom stereocenters. The zero-order chi connectivity index (χ0) is 12.4. The number of alkyl halides is 1. The van der Waals surface area contributed by atoms with Crippen LogP contribution in [0.1, 0.15) is 12.8 Å². The zero-order valence-electron chi connectivity index (χ0n) is 9.84. The highest BCUT2D eigenvalue weighted by atomic mass is 35.5. The number of rotatable bonds is 9. The first-order chi connectivity index (χ1) is 7.61. The summed E-state index contributed by atoms with van der Waals surface area (Å²) in [5.74, 6) is -0.400. The first-order valence-electron chi connectivity index (χ1n) is 5.03. The van der Waals surface area contributed by atoms with E-state index in [2.05, 4.69) is 22.9 Å². The number of carboxylic acid groups (broad SMARTS) is 1. The third-order valence-corrected chi connectivity index (χ3v) is 2.15. The molecule has 110 valence electrons. The van der Waals surface area contributed by atoms with E-state index in [1.807, 2.05) is 0 Å². The lowest BCUT2D eigenvalue weighted by atomic mass is 10.2. The molecule has 5 nitrogen and oxygen atoms in total. The summed E-state index contributed by atoms with van der Waals surface area (Å²) >= 11 is 3.97. The quantitative estimate of drug-likeness (QED) is 0.220. The molecule has 0 amide bonds. The van der Waals surface area contributed by atoms with Crippen molar-refractivity contribution in [2.24, 2.45) is 10.7 Å². The summed E-state index contributed by atoms with van der Waals surface area (Å²) in [6.45, 7) is 0.161. The number of nitrogens with one attached hydrogen (secondary N) is 1. The largest absolute Gasteiger partial charge is 0.480 e. The fourth-order valence-electron chi connectivity index (χ4n) is 1.06. The van der Waals surface area contributed by atoms with Crippen LogP contribution in [0.15, 0.2) is 4.99 Å². The van der Waals surface area contributed by atoms with E-state index in [9.17, 15) is 9.18 Å². The molecule has 4 N–H and O–H groups in total. The van der Waals surface area contributed by atoms with Gasteiger partial charge in [0.05, 0.1) is 0 Å². The van der Waals surface area contributed by atoms with Gasteiger partial charge in [-0.25, -0.2) is 4.39 Å². The van der Waals surface area contributed by atoms with Gasteiger partial charge in [0.2, 0.25) is 0 Å². The average molecular weight is 324 g/mol. The Kier molecular flexibility index (Phi) is 18.9. The van der Waals surface area contributed by atoms with Crippen LogP contribution in [0, 0.1) is 0 Å². The second-order valence-electron chi connectivity index (χ2n) is 3.22. The topological polar surface area (TPSA) is 87.7 Å². The van der Waals surface area contributed by atoms with Gasteiger partial charge in [0.15, 0.2) is 0 Å². The minimum absolute atomic E-state index is 0. The zero-order valence-corrected chi connectivity index (χ0v) is 12.4. The Labute approximate surface area is 124 Å². The number of hydrogen-bond donors (Lipinski definition) is 4. The maximum absolute atomic E-state index is 11.9. The van der Waals surface area contributed by atoms with Gasteiger partial charge in [-0.1, -0.05) is 0 Å². The number of nitrogens with two attached hydrogens (primary N) is 1. The predicted molar refractivity (Wildman–Crippen MR) is 79.5 cm³/mol. The molecule has 0 fully saturated rings. The van der Waals surface area contributed by atoms with Crippen molar-refractivity contribution in [2.75, 3.05) is 25.5 Å². The molecule has 0 saturated carbocycles. The third-order valence-electron chi connectivity index (χ3n) is 1.89. The summed E-state index contributed by atoms with van der Waals surface area (Å²) in [5, 5.41) is 11.7. The summed E-state index contributed by atoms with van der Waals surface area (Å²) in [4.78, 5) is 14.5. The average Bonchev–Trinajstić information content (AvgIpc) is 2.26. The summed E-state index contributed by atoms with van der Waals surface area (Å²) in [6, 6.07) is -0.583. The van der Waals surface area contributed by atoms with Crippen molar-refractivity contribution in [3.05, 3.63) is 0 Å². The lowest BCUT2D eigenvalue weighted by Crippen LogP contribution is -2.37. The fourth-order valence-corrected chi connectivity index (χ4v) is 1.32. The number of halogens is 3. The van der Waals surface area contributed by atoms with Crippen molar-refractivity contribution in [1.82, 2.24) is 5.32 Å². The Morgan fingerprint density at radius 1 is 1.50 bits per heavy atom. The molecular weight excluding hydrogens is 304 g/mol. The highest BCUT2D eigenvalue weighted by Gasteiger charge is 2.14. The van der Waals surface area contributed by atoms with Crippen molar-refractivity contribution in [3.8, 4) is 0 Å². The van der Waals surface area contributed by atoms with Gasteiger partial charge >= 0.3 is 5.97 Å². The van der Waals surface area contributed by atoms with Crippen LogP contribution in [0.2, 0.25) is 0 Å². The van der Waals surface area contributed by atoms with E-state index in [0.717, 1.165) is 0 Å². The molecule has 18 heavy (non-hydrogen) atoms. The SMILES string of the molecule is Cl.Cl.NC(CF)=NCCCNC(CCS)C(=O)O. The smallest absolute Gasteiger partial charge is 0.320 e. The van der Waals surface area contributed by atoms with E-state index < -0.39 is 18.7 Å².